The summed E-state index contributed by atoms with van der Waals surface area (Å²) in [5.41, 5.74) is 1.53. The molecule has 1 aromatic carbocycles. The number of ether oxygens (including phenoxy) is 1. The van der Waals surface area contributed by atoms with Crippen LogP contribution < -0.4 is 5.32 Å². The third kappa shape index (κ3) is 5.06. The summed E-state index contributed by atoms with van der Waals surface area (Å²) in [6.45, 7) is 5.21. The summed E-state index contributed by atoms with van der Waals surface area (Å²) in [5.74, 6) is -0.402. The second-order valence-corrected chi connectivity index (χ2v) is 6.76. The number of amides is 1. The zero-order valence-corrected chi connectivity index (χ0v) is 13.3. The Morgan fingerprint density at radius 3 is 2.32 bits per heavy atom. The van der Waals surface area contributed by atoms with Gasteiger partial charge in [-0.05, 0) is 50.7 Å². The Hall–Kier alpha value is -2.04. The van der Waals surface area contributed by atoms with Gasteiger partial charge in [-0.1, -0.05) is 24.3 Å². The number of carbonyl (C=O) groups excluding carboxylic acids is 1. The average Bonchev–Trinajstić information content (AvgIpc) is 3.20. The quantitative estimate of drug-likeness (QED) is 0.876. The normalized spacial score (nSPS) is 16.0. The van der Waals surface area contributed by atoms with Crippen molar-refractivity contribution in [3.8, 4) is 0 Å². The number of rotatable bonds is 5. The molecular formula is C17H23NO4. The van der Waals surface area contributed by atoms with Crippen molar-refractivity contribution in [1.29, 1.82) is 0 Å². The number of hydrogen-bond acceptors (Lipinski definition) is 3. The number of alkyl carbamates (subject to hydrolysis) is 1. The molecule has 1 fully saturated rings. The number of hydrogen-bond donors (Lipinski definition) is 2. The summed E-state index contributed by atoms with van der Waals surface area (Å²) < 4.78 is 5.10. The molecule has 1 amide bonds. The standard InChI is InChI=1S/C17H23NO4/c1-17(2,3)22-16(21)18-14(15(19)20)10-11-4-6-12(7-5-11)13-8-9-13/h4-7,13-14H,8-10H2,1-3H3,(H,18,21)(H,19,20). The number of carbonyl (C=O) groups is 2. The number of benzene rings is 1. The minimum absolute atomic E-state index is 0.236. The van der Waals surface area contributed by atoms with E-state index in [4.69, 9.17) is 4.74 Å². The maximum atomic E-state index is 11.7. The highest BCUT2D eigenvalue weighted by Crippen LogP contribution is 2.39. The third-order valence-electron chi connectivity index (χ3n) is 3.46. The van der Waals surface area contributed by atoms with Gasteiger partial charge in [0, 0.05) is 6.42 Å². The van der Waals surface area contributed by atoms with Crippen molar-refractivity contribution >= 4 is 12.1 Å². The Morgan fingerprint density at radius 1 is 1.27 bits per heavy atom. The van der Waals surface area contributed by atoms with Crippen LogP contribution in [-0.2, 0) is 16.0 Å². The van der Waals surface area contributed by atoms with Crippen LogP contribution in [0, 0.1) is 0 Å². The van der Waals surface area contributed by atoms with Gasteiger partial charge >= 0.3 is 12.1 Å². The molecule has 120 valence electrons. The molecule has 2 rings (SSSR count). The molecule has 0 aromatic heterocycles. The van der Waals surface area contributed by atoms with Crippen molar-refractivity contribution in [3.63, 3.8) is 0 Å². The summed E-state index contributed by atoms with van der Waals surface area (Å²) in [6, 6.07) is 6.95. The van der Waals surface area contributed by atoms with E-state index in [-0.39, 0.29) is 6.42 Å². The summed E-state index contributed by atoms with van der Waals surface area (Å²) in [6.07, 6.45) is 1.99. The van der Waals surface area contributed by atoms with Gasteiger partial charge < -0.3 is 15.2 Å². The summed E-state index contributed by atoms with van der Waals surface area (Å²) in [5, 5.41) is 11.7. The Bertz CT molecular complexity index is 541. The van der Waals surface area contributed by atoms with Gasteiger partial charge in [-0.25, -0.2) is 9.59 Å². The number of aliphatic carboxylic acids is 1. The summed E-state index contributed by atoms with van der Waals surface area (Å²) in [7, 11) is 0. The van der Waals surface area contributed by atoms with Crippen LogP contribution in [0.1, 0.15) is 50.7 Å². The van der Waals surface area contributed by atoms with Crippen molar-refractivity contribution in [2.24, 2.45) is 0 Å². The second-order valence-electron chi connectivity index (χ2n) is 6.76. The predicted molar refractivity (Wildman–Crippen MR) is 82.9 cm³/mol. The monoisotopic (exact) mass is 305 g/mol. The largest absolute Gasteiger partial charge is 0.480 e. The molecule has 0 saturated heterocycles. The molecule has 22 heavy (non-hydrogen) atoms. The Labute approximate surface area is 130 Å². The molecule has 5 heteroatoms. The van der Waals surface area contributed by atoms with E-state index in [0.29, 0.717) is 5.92 Å². The number of carboxylic acids is 1. The molecule has 1 aromatic rings. The van der Waals surface area contributed by atoms with E-state index in [1.807, 2.05) is 24.3 Å². The molecule has 0 heterocycles. The smallest absolute Gasteiger partial charge is 0.408 e. The van der Waals surface area contributed by atoms with Crippen molar-refractivity contribution in [1.82, 2.24) is 5.32 Å². The van der Waals surface area contributed by atoms with Gasteiger partial charge in [-0.3, -0.25) is 0 Å². The fraction of sp³-hybridized carbons (Fsp3) is 0.529. The maximum absolute atomic E-state index is 11.7. The first kappa shape index (κ1) is 16.3. The van der Waals surface area contributed by atoms with Crippen LogP contribution in [0.25, 0.3) is 0 Å². The van der Waals surface area contributed by atoms with Crippen LogP contribution >= 0.6 is 0 Å². The van der Waals surface area contributed by atoms with Crippen molar-refractivity contribution < 1.29 is 19.4 Å². The Morgan fingerprint density at radius 2 is 1.86 bits per heavy atom. The fourth-order valence-corrected chi connectivity index (χ4v) is 2.23. The van der Waals surface area contributed by atoms with E-state index in [2.05, 4.69) is 5.32 Å². The molecule has 2 N–H and O–H groups in total. The molecule has 0 spiro atoms. The van der Waals surface area contributed by atoms with Crippen LogP contribution in [0.5, 0.6) is 0 Å². The fourth-order valence-electron chi connectivity index (χ4n) is 2.23. The molecular weight excluding hydrogens is 282 g/mol. The highest BCUT2D eigenvalue weighted by molar-refractivity contribution is 5.80. The molecule has 1 saturated carbocycles. The van der Waals surface area contributed by atoms with Gasteiger partial charge in [-0.15, -0.1) is 0 Å². The molecule has 0 radical (unpaired) electrons. The van der Waals surface area contributed by atoms with Gasteiger partial charge in [-0.2, -0.15) is 0 Å². The van der Waals surface area contributed by atoms with E-state index in [1.165, 1.54) is 18.4 Å². The van der Waals surface area contributed by atoms with Crippen LogP contribution in [0.3, 0.4) is 0 Å². The number of nitrogens with one attached hydrogen (secondary N) is 1. The van der Waals surface area contributed by atoms with Gasteiger partial charge in [0.1, 0.15) is 11.6 Å². The molecule has 1 aliphatic carbocycles. The van der Waals surface area contributed by atoms with Gasteiger partial charge in [0.2, 0.25) is 0 Å². The topological polar surface area (TPSA) is 75.6 Å². The first-order valence-corrected chi connectivity index (χ1v) is 7.56. The van der Waals surface area contributed by atoms with E-state index in [1.54, 1.807) is 20.8 Å². The molecule has 1 unspecified atom stereocenters. The molecule has 0 bridgehead atoms. The SMILES string of the molecule is CC(C)(C)OC(=O)NC(Cc1ccc(C2CC2)cc1)C(=O)O. The minimum atomic E-state index is -1.07. The first-order valence-electron chi connectivity index (χ1n) is 7.56. The second kappa shape index (κ2) is 6.38. The Balaban J connectivity index is 1.96. The van der Waals surface area contributed by atoms with E-state index in [9.17, 15) is 14.7 Å². The van der Waals surface area contributed by atoms with Crippen LogP contribution in [0.4, 0.5) is 4.79 Å². The predicted octanol–water partition coefficient (Wildman–Crippen LogP) is 3.08. The van der Waals surface area contributed by atoms with Crippen molar-refractivity contribution in [3.05, 3.63) is 35.4 Å². The third-order valence-corrected chi connectivity index (χ3v) is 3.46. The lowest BCUT2D eigenvalue weighted by Crippen LogP contribution is -2.44. The number of carboxylic acid groups (broad SMARTS) is 1. The highest BCUT2D eigenvalue weighted by atomic mass is 16.6. The van der Waals surface area contributed by atoms with Gasteiger partial charge in [0.25, 0.3) is 0 Å². The zero-order chi connectivity index (χ0) is 16.3. The maximum Gasteiger partial charge on any atom is 0.408 e. The lowest BCUT2D eigenvalue weighted by Gasteiger charge is -2.22. The average molecular weight is 305 g/mol. The van der Waals surface area contributed by atoms with Crippen molar-refractivity contribution in [2.45, 2.75) is 57.6 Å². The van der Waals surface area contributed by atoms with Gasteiger partial charge in [0.05, 0.1) is 0 Å². The van der Waals surface area contributed by atoms with Crippen molar-refractivity contribution in [2.75, 3.05) is 0 Å². The van der Waals surface area contributed by atoms with Crippen LogP contribution in [-0.4, -0.2) is 28.8 Å². The summed E-state index contributed by atoms with van der Waals surface area (Å²) in [4.78, 5) is 23.0. The first-order chi connectivity index (χ1) is 10.2. The van der Waals surface area contributed by atoms with Crippen LogP contribution in [0.15, 0.2) is 24.3 Å². The van der Waals surface area contributed by atoms with E-state index >= 15 is 0 Å². The zero-order valence-electron chi connectivity index (χ0n) is 13.3. The molecule has 1 aliphatic rings. The molecule has 5 nitrogen and oxygen atoms in total. The van der Waals surface area contributed by atoms with Crippen LogP contribution in [0.2, 0.25) is 0 Å². The summed E-state index contributed by atoms with van der Waals surface area (Å²) >= 11 is 0. The molecule has 1 atom stereocenters. The highest BCUT2D eigenvalue weighted by Gasteiger charge is 2.25. The lowest BCUT2D eigenvalue weighted by molar-refractivity contribution is -0.139. The van der Waals surface area contributed by atoms with E-state index in [0.717, 1.165) is 5.56 Å². The molecule has 0 aliphatic heterocycles. The van der Waals surface area contributed by atoms with Gasteiger partial charge in [0.15, 0.2) is 0 Å². The van der Waals surface area contributed by atoms with E-state index < -0.39 is 23.7 Å². The Kier molecular flexibility index (Phi) is 4.74. The lowest BCUT2D eigenvalue weighted by atomic mass is 10.0. The minimum Gasteiger partial charge on any atom is -0.480 e.